The fourth-order valence-corrected chi connectivity index (χ4v) is 3.29. The number of rotatable bonds is 6. The average molecular weight is 388 g/mol. The zero-order valence-corrected chi connectivity index (χ0v) is 16.0. The molecule has 1 aromatic carbocycles. The van der Waals surface area contributed by atoms with E-state index in [-0.39, 0.29) is 11.0 Å². The minimum atomic E-state index is -1.39. The molecule has 0 saturated heterocycles. The van der Waals surface area contributed by atoms with Gasteiger partial charge in [0.2, 0.25) is 0 Å². The lowest BCUT2D eigenvalue weighted by molar-refractivity contribution is 0.102. The van der Waals surface area contributed by atoms with Gasteiger partial charge >= 0.3 is 6.16 Å². The number of H-pyrrole nitrogens is 1. The molecule has 1 amide bonds. The molecule has 0 atom stereocenters. The molecule has 3 aromatic rings. The van der Waals surface area contributed by atoms with Crippen molar-refractivity contribution in [3.8, 4) is 5.06 Å². The molecular weight excluding hydrogens is 368 g/mol. The summed E-state index contributed by atoms with van der Waals surface area (Å²) in [6.07, 6.45) is -1.39. The summed E-state index contributed by atoms with van der Waals surface area (Å²) in [6.45, 7) is 5.06. The first kappa shape index (κ1) is 18.9. The number of carbonyl (C=O) groups excluding carboxylic acids is 1. The molecule has 0 saturated carbocycles. The van der Waals surface area contributed by atoms with Crippen LogP contribution in [0.2, 0.25) is 0 Å². The van der Waals surface area contributed by atoms with E-state index in [0.29, 0.717) is 27.6 Å². The summed E-state index contributed by atoms with van der Waals surface area (Å²) in [5.41, 5.74) is 1.64. The van der Waals surface area contributed by atoms with Gasteiger partial charge in [0.15, 0.2) is 10.9 Å². The fraction of sp³-hybridized carbons (Fsp3) is 0.278. The molecule has 8 nitrogen and oxygen atoms in total. The maximum Gasteiger partial charge on any atom is 0.512 e. The minimum Gasteiger partial charge on any atom is -0.449 e. The third kappa shape index (κ3) is 4.44. The van der Waals surface area contributed by atoms with Gasteiger partial charge in [-0.05, 0) is 38.6 Å². The third-order valence-corrected chi connectivity index (χ3v) is 5.10. The van der Waals surface area contributed by atoms with Crippen LogP contribution in [0.25, 0.3) is 10.2 Å². The standard InChI is InChI=1S/C18H20N4O4S/c1-10(2)22(3)9-11-4-6-12(7-5-11)16(23)19-15-13-8-14(26-18(24)25)27-17(13)21-20-15/h4-8,10H,9H2,1-3H3,(H,24,25)(H2,19,20,21,23). The van der Waals surface area contributed by atoms with Gasteiger partial charge in [-0.1, -0.05) is 23.5 Å². The number of aromatic nitrogens is 2. The summed E-state index contributed by atoms with van der Waals surface area (Å²) in [5, 5.41) is 19.0. The van der Waals surface area contributed by atoms with Crippen molar-refractivity contribution in [1.82, 2.24) is 15.1 Å². The van der Waals surface area contributed by atoms with Crippen LogP contribution in [0, 0.1) is 0 Å². The summed E-state index contributed by atoms with van der Waals surface area (Å²) in [4.78, 5) is 25.9. The first-order chi connectivity index (χ1) is 12.8. The van der Waals surface area contributed by atoms with Gasteiger partial charge in [0, 0.05) is 24.2 Å². The monoisotopic (exact) mass is 388 g/mol. The second-order valence-corrected chi connectivity index (χ2v) is 7.42. The Morgan fingerprint density at radius 3 is 2.67 bits per heavy atom. The maximum absolute atomic E-state index is 12.5. The Bertz CT molecular complexity index is 962. The molecule has 2 aromatic heterocycles. The Hall–Kier alpha value is -2.91. The SMILES string of the molecule is CC(C)N(C)Cc1ccc(C(=O)Nc2n[nH]c3sc(OC(=O)O)cc23)cc1. The number of carbonyl (C=O) groups is 2. The highest BCUT2D eigenvalue weighted by Gasteiger charge is 2.16. The quantitative estimate of drug-likeness (QED) is 0.555. The largest absolute Gasteiger partial charge is 0.512 e. The second-order valence-electron chi connectivity index (χ2n) is 6.41. The van der Waals surface area contributed by atoms with E-state index in [2.05, 4.69) is 46.0 Å². The molecular formula is C18H20N4O4S. The van der Waals surface area contributed by atoms with E-state index >= 15 is 0 Å². The van der Waals surface area contributed by atoms with Gasteiger partial charge in [0.05, 0.1) is 5.39 Å². The first-order valence-electron chi connectivity index (χ1n) is 8.32. The van der Waals surface area contributed by atoms with Gasteiger partial charge in [0.1, 0.15) is 4.83 Å². The lowest BCUT2D eigenvalue weighted by atomic mass is 10.1. The number of aromatic amines is 1. The van der Waals surface area contributed by atoms with Gasteiger partial charge < -0.3 is 15.2 Å². The van der Waals surface area contributed by atoms with E-state index in [1.165, 1.54) is 6.07 Å². The number of carboxylic acid groups (broad SMARTS) is 1. The lowest BCUT2D eigenvalue weighted by Crippen LogP contribution is -2.25. The van der Waals surface area contributed by atoms with Crippen LogP contribution in [0.4, 0.5) is 10.6 Å². The first-order valence-corrected chi connectivity index (χ1v) is 9.14. The van der Waals surface area contributed by atoms with Crippen LogP contribution in [-0.2, 0) is 6.54 Å². The van der Waals surface area contributed by atoms with Crippen LogP contribution in [0.1, 0.15) is 29.8 Å². The average Bonchev–Trinajstić information content (AvgIpc) is 3.16. The summed E-state index contributed by atoms with van der Waals surface area (Å²) in [6, 6.07) is 9.37. The van der Waals surface area contributed by atoms with E-state index in [9.17, 15) is 9.59 Å². The molecule has 27 heavy (non-hydrogen) atoms. The van der Waals surface area contributed by atoms with Gasteiger partial charge in [-0.25, -0.2) is 4.79 Å². The lowest BCUT2D eigenvalue weighted by Gasteiger charge is -2.20. The number of thiophene rings is 1. The van der Waals surface area contributed by atoms with Crippen molar-refractivity contribution >= 4 is 39.4 Å². The van der Waals surface area contributed by atoms with Crippen molar-refractivity contribution in [2.75, 3.05) is 12.4 Å². The number of anilines is 1. The van der Waals surface area contributed by atoms with Crippen molar-refractivity contribution in [1.29, 1.82) is 0 Å². The smallest absolute Gasteiger partial charge is 0.449 e. The van der Waals surface area contributed by atoms with Gasteiger partial charge in [-0.3, -0.25) is 14.8 Å². The Kier molecular flexibility index (Phi) is 5.43. The Labute approximate surface area is 159 Å². The number of amides is 1. The van der Waals surface area contributed by atoms with Crippen LogP contribution in [-0.4, -0.2) is 45.4 Å². The highest BCUT2D eigenvalue weighted by Crippen LogP contribution is 2.34. The van der Waals surface area contributed by atoms with Crippen LogP contribution in [0.3, 0.4) is 0 Å². The molecule has 9 heteroatoms. The van der Waals surface area contributed by atoms with Crippen LogP contribution >= 0.6 is 11.3 Å². The Balaban J connectivity index is 1.70. The van der Waals surface area contributed by atoms with Crippen LogP contribution in [0.15, 0.2) is 30.3 Å². The third-order valence-electron chi connectivity index (χ3n) is 4.18. The maximum atomic E-state index is 12.5. The van der Waals surface area contributed by atoms with E-state index in [1.54, 1.807) is 12.1 Å². The molecule has 0 unspecified atom stereocenters. The number of nitrogens with zero attached hydrogens (tertiary/aromatic N) is 2. The number of hydrogen-bond acceptors (Lipinski definition) is 6. The highest BCUT2D eigenvalue weighted by atomic mass is 32.1. The van der Waals surface area contributed by atoms with Crippen molar-refractivity contribution in [3.63, 3.8) is 0 Å². The molecule has 0 radical (unpaired) electrons. The van der Waals surface area contributed by atoms with Crippen LogP contribution in [0.5, 0.6) is 5.06 Å². The molecule has 0 aliphatic rings. The van der Waals surface area contributed by atoms with E-state index < -0.39 is 6.16 Å². The minimum absolute atomic E-state index is 0.209. The molecule has 3 rings (SSSR count). The Morgan fingerprint density at radius 2 is 2.04 bits per heavy atom. The van der Waals surface area contributed by atoms with Crippen molar-refractivity contribution in [2.24, 2.45) is 0 Å². The van der Waals surface area contributed by atoms with Crippen molar-refractivity contribution in [2.45, 2.75) is 26.4 Å². The number of hydrogen-bond donors (Lipinski definition) is 3. The molecule has 0 fully saturated rings. The fourth-order valence-electron chi connectivity index (χ4n) is 2.44. The van der Waals surface area contributed by atoms with E-state index in [0.717, 1.165) is 23.4 Å². The number of fused-ring (bicyclic) bond motifs is 1. The zero-order chi connectivity index (χ0) is 19.6. The molecule has 3 N–H and O–H groups in total. The molecule has 0 aliphatic carbocycles. The highest BCUT2D eigenvalue weighted by molar-refractivity contribution is 7.20. The van der Waals surface area contributed by atoms with E-state index in [4.69, 9.17) is 5.11 Å². The molecule has 142 valence electrons. The zero-order valence-electron chi connectivity index (χ0n) is 15.1. The van der Waals surface area contributed by atoms with Crippen LogP contribution < -0.4 is 10.1 Å². The molecule has 0 bridgehead atoms. The predicted molar refractivity (Wildman–Crippen MR) is 104 cm³/mol. The number of ether oxygens (including phenoxy) is 1. The second kappa shape index (κ2) is 7.77. The number of benzene rings is 1. The molecule has 2 heterocycles. The predicted octanol–water partition coefficient (Wildman–Crippen LogP) is 3.77. The van der Waals surface area contributed by atoms with E-state index in [1.807, 2.05) is 12.1 Å². The summed E-state index contributed by atoms with van der Waals surface area (Å²) < 4.78 is 4.63. The van der Waals surface area contributed by atoms with Crippen molar-refractivity contribution in [3.05, 3.63) is 41.5 Å². The Morgan fingerprint density at radius 1 is 1.33 bits per heavy atom. The summed E-state index contributed by atoms with van der Waals surface area (Å²) >= 11 is 1.10. The number of nitrogens with one attached hydrogen (secondary N) is 2. The summed E-state index contributed by atoms with van der Waals surface area (Å²) in [7, 11) is 2.05. The van der Waals surface area contributed by atoms with Gasteiger partial charge in [-0.15, -0.1) is 0 Å². The summed E-state index contributed by atoms with van der Waals surface area (Å²) in [5.74, 6) is 0.0363. The van der Waals surface area contributed by atoms with Gasteiger partial charge in [0.25, 0.3) is 5.91 Å². The van der Waals surface area contributed by atoms with Gasteiger partial charge in [-0.2, -0.15) is 5.10 Å². The topological polar surface area (TPSA) is 108 Å². The van der Waals surface area contributed by atoms with Crippen molar-refractivity contribution < 1.29 is 19.4 Å². The normalized spacial score (nSPS) is 11.3. The molecule has 0 aliphatic heterocycles. The molecule has 0 spiro atoms.